The number of aromatic hydroxyl groups is 1. The largest absolute Gasteiger partial charge is 0.504 e. The SMILES string of the molecule is C#CCOc1cc(C=O)cc(C)c1O. The van der Waals surface area contributed by atoms with Crippen molar-refractivity contribution in [3.63, 3.8) is 0 Å². The molecule has 0 aliphatic carbocycles. The summed E-state index contributed by atoms with van der Waals surface area (Å²) < 4.78 is 5.06. The van der Waals surface area contributed by atoms with Crippen molar-refractivity contribution in [3.8, 4) is 23.8 Å². The molecule has 0 heterocycles. The molecular weight excluding hydrogens is 180 g/mol. The first-order chi connectivity index (χ1) is 6.69. The quantitative estimate of drug-likeness (QED) is 0.580. The van der Waals surface area contributed by atoms with Gasteiger partial charge in [0.25, 0.3) is 0 Å². The number of aldehydes is 1. The summed E-state index contributed by atoms with van der Waals surface area (Å²) in [6, 6.07) is 3.03. The average molecular weight is 190 g/mol. The highest BCUT2D eigenvalue weighted by Crippen LogP contribution is 2.30. The van der Waals surface area contributed by atoms with E-state index in [1.165, 1.54) is 6.07 Å². The maximum absolute atomic E-state index is 10.5. The standard InChI is InChI=1S/C11H10O3/c1-3-4-14-10-6-9(7-12)5-8(2)11(10)13/h1,5-7,13H,4H2,2H3. The van der Waals surface area contributed by atoms with E-state index in [9.17, 15) is 9.90 Å². The smallest absolute Gasteiger partial charge is 0.163 e. The molecule has 0 fully saturated rings. The number of phenols is 1. The first-order valence-corrected chi connectivity index (χ1v) is 4.04. The van der Waals surface area contributed by atoms with Crippen LogP contribution in [0.25, 0.3) is 0 Å². The molecule has 0 radical (unpaired) electrons. The molecule has 0 amide bonds. The Hall–Kier alpha value is -1.95. The van der Waals surface area contributed by atoms with Crippen LogP contribution in [0.3, 0.4) is 0 Å². The van der Waals surface area contributed by atoms with Crippen LogP contribution in [-0.4, -0.2) is 18.0 Å². The minimum absolute atomic E-state index is 0.0193. The number of phenolic OH excluding ortho intramolecular Hbond substituents is 1. The van der Waals surface area contributed by atoms with Crippen molar-refractivity contribution in [2.75, 3.05) is 6.61 Å². The molecule has 0 spiro atoms. The third-order valence-corrected chi connectivity index (χ3v) is 1.73. The van der Waals surface area contributed by atoms with Gasteiger partial charge in [0, 0.05) is 5.56 Å². The maximum Gasteiger partial charge on any atom is 0.163 e. The Morgan fingerprint density at radius 2 is 2.36 bits per heavy atom. The highest BCUT2D eigenvalue weighted by atomic mass is 16.5. The summed E-state index contributed by atoms with van der Waals surface area (Å²) in [5.41, 5.74) is 1.04. The third-order valence-electron chi connectivity index (χ3n) is 1.73. The van der Waals surface area contributed by atoms with E-state index in [1.807, 2.05) is 0 Å². The fraction of sp³-hybridized carbons (Fsp3) is 0.182. The molecule has 0 atom stereocenters. The second-order valence-corrected chi connectivity index (χ2v) is 2.80. The number of aryl methyl sites for hydroxylation is 1. The second-order valence-electron chi connectivity index (χ2n) is 2.80. The Bertz CT molecular complexity index is 388. The molecule has 3 heteroatoms. The fourth-order valence-electron chi connectivity index (χ4n) is 1.07. The van der Waals surface area contributed by atoms with Crippen molar-refractivity contribution in [3.05, 3.63) is 23.3 Å². The summed E-state index contributed by atoms with van der Waals surface area (Å²) in [5, 5.41) is 9.53. The average Bonchev–Trinajstić information content (AvgIpc) is 2.20. The third kappa shape index (κ3) is 2.05. The van der Waals surface area contributed by atoms with Gasteiger partial charge in [0.15, 0.2) is 11.5 Å². The van der Waals surface area contributed by atoms with Gasteiger partial charge in [0.1, 0.15) is 12.9 Å². The molecule has 0 unspecified atom stereocenters. The summed E-state index contributed by atoms with van der Waals surface area (Å²) in [5.74, 6) is 2.54. The van der Waals surface area contributed by atoms with Crippen LogP contribution in [0.5, 0.6) is 11.5 Å². The molecule has 14 heavy (non-hydrogen) atoms. The van der Waals surface area contributed by atoms with Gasteiger partial charge in [0.05, 0.1) is 0 Å². The topological polar surface area (TPSA) is 46.5 Å². The lowest BCUT2D eigenvalue weighted by Gasteiger charge is -2.07. The fourth-order valence-corrected chi connectivity index (χ4v) is 1.07. The molecule has 0 aromatic heterocycles. The number of rotatable bonds is 3. The maximum atomic E-state index is 10.5. The first-order valence-electron chi connectivity index (χ1n) is 4.04. The minimum atomic E-state index is 0.0193. The van der Waals surface area contributed by atoms with Gasteiger partial charge in [-0.15, -0.1) is 6.42 Å². The number of ether oxygens (including phenoxy) is 1. The van der Waals surface area contributed by atoms with Gasteiger partial charge in [-0.3, -0.25) is 4.79 Å². The van der Waals surface area contributed by atoms with Gasteiger partial charge in [-0.2, -0.15) is 0 Å². The summed E-state index contributed by atoms with van der Waals surface area (Å²) in [4.78, 5) is 10.5. The number of carbonyl (C=O) groups excluding carboxylic acids is 1. The van der Waals surface area contributed by atoms with Crippen LogP contribution in [0.15, 0.2) is 12.1 Å². The van der Waals surface area contributed by atoms with Gasteiger partial charge in [-0.1, -0.05) is 5.92 Å². The van der Waals surface area contributed by atoms with E-state index in [-0.39, 0.29) is 18.1 Å². The molecule has 1 aromatic carbocycles. The monoisotopic (exact) mass is 190 g/mol. The van der Waals surface area contributed by atoms with E-state index in [0.717, 1.165) is 0 Å². The lowest BCUT2D eigenvalue weighted by atomic mass is 10.1. The summed E-state index contributed by atoms with van der Waals surface area (Å²) >= 11 is 0. The van der Waals surface area contributed by atoms with E-state index in [2.05, 4.69) is 5.92 Å². The minimum Gasteiger partial charge on any atom is -0.504 e. The lowest BCUT2D eigenvalue weighted by Crippen LogP contribution is -1.96. The van der Waals surface area contributed by atoms with Crippen LogP contribution in [0.2, 0.25) is 0 Å². The predicted octanol–water partition coefficient (Wildman–Crippen LogP) is 1.53. The first kappa shape index (κ1) is 10.1. The molecule has 1 aromatic rings. The number of hydrogen-bond donors (Lipinski definition) is 1. The molecule has 0 saturated carbocycles. The molecule has 0 aliphatic heterocycles. The molecule has 0 aliphatic rings. The Balaban J connectivity index is 3.08. The predicted molar refractivity (Wildman–Crippen MR) is 52.6 cm³/mol. The summed E-state index contributed by atoms with van der Waals surface area (Å²) in [6.07, 6.45) is 5.70. The summed E-state index contributed by atoms with van der Waals surface area (Å²) in [6.45, 7) is 1.75. The van der Waals surface area contributed by atoms with E-state index >= 15 is 0 Å². The Labute approximate surface area is 82.3 Å². The van der Waals surface area contributed by atoms with Gasteiger partial charge < -0.3 is 9.84 Å². The van der Waals surface area contributed by atoms with Crippen LogP contribution in [0.4, 0.5) is 0 Å². The van der Waals surface area contributed by atoms with Gasteiger partial charge >= 0.3 is 0 Å². The molecule has 1 rings (SSSR count). The molecule has 72 valence electrons. The number of carbonyl (C=O) groups is 1. The van der Waals surface area contributed by atoms with Crippen molar-refractivity contribution in [1.29, 1.82) is 0 Å². The number of hydrogen-bond acceptors (Lipinski definition) is 3. The zero-order valence-electron chi connectivity index (χ0n) is 7.78. The Morgan fingerprint density at radius 3 is 2.93 bits per heavy atom. The van der Waals surface area contributed by atoms with Crippen molar-refractivity contribution >= 4 is 6.29 Å². The van der Waals surface area contributed by atoms with Gasteiger partial charge in [0.2, 0.25) is 0 Å². The van der Waals surface area contributed by atoms with E-state index in [4.69, 9.17) is 11.2 Å². The second kappa shape index (κ2) is 4.33. The van der Waals surface area contributed by atoms with Crippen LogP contribution >= 0.6 is 0 Å². The van der Waals surface area contributed by atoms with Crippen molar-refractivity contribution in [1.82, 2.24) is 0 Å². The molecule has 0 saturated heterocycles. The van der Waals surface area contributed by atoms with Gasteiger partial charge in [-0.05, 0) is 24.6 Å². The van der Waals surface area contributed by atoms with Crippen LogP contribution < -0.4 is 4.74 Å². The molecular formula is C11H10O3. The number of benzene rings is 1. The molecule has 3 nitrogen and oxygen atoms in total. The molecule has 0 bridgehead atoms. The Kier molecular flexibility index (Phi) is 3.14. The van der Waals surface area contributed by atoms with Crippen LogP contribution in [-0.2, 0) is 0 Å². The molecule has 1 N–H and O–H groups in total. The zero-order valence-corrected chi connectivity index (χ0v) is 7.78. The Morgan fingerprint density at radius 1 is 1.64 bits per heavy atom. The zero-order chi connectivity index (χ0) is 10.6. The van der Waals surface area contributed by atoms with Gasteiger partial charge in [-0.25, -0.2) is 0 Å². The lowest BCUT2D eigenvalue weighted by molar-refractivity contribution is 0.112. The van der Waals surface area contributed by atoms with E-state index < -0.39 is 0 Å². The van der Waals surface area contributed by atoms with Crippen LogP contribution in [0.1, 0.15) is 15.9 Å². The highest BCUT2D eigenvalue weighted by molar-refractivity contribution is 5.77. The summed E-state index contributed by atoms with van der Waals surface area (Å²) in [7, 11) is 0. The van der Waals surface area contributed by atoms with Crippen molar-refractivity contribution in [2.45, 2.75) is 6.92 Å². The van der Waals surface area contributed by atoms with E-state index in [0.29, 0.717) is 17.4 Å². The van der Waals surface area contributed by atoms with E-state index in [1.54, 1.807) is 13.0 Å². The normalized spacial score (nSPS) is 9.14. The van der Waals surface area contributed by atoms with Crippen molar-refractivity contribution in [2.24, 2.45) is 0 Å². The highest BCUT2D eigenvalue weighted by Gasteiger charge is 2.07. The van der Waals surface area contributed by atoms with Crippen LogP contribution in [0, 0.1) is 19.3 Å². The van der Waals surface area contributed by atoms with Crippen molar-refractivity contribution < 1.29 is 14.6 Å². The number of terminal acetylenes is 1.